The van der Waals surface area contributed by atoms with Crippen LogP contribution in [0.1, 0.15) is 113 Å². The minimum absolute atomic E-state index is 0.0482. The highest BCUT2D eigenvalue weighted by atomic mass is 32.1. The first-order chi connectivity index (χ1) is 15.1. The third kappa shape index (κ3) is 2.86. The molecule has 0 amide bonds. The molecule has 5 aliphatic rings. The van der Waals surface area contributed by atoms with E-state index >= 15 is 0 Å². The molecule has 0 saturated heterocycles. The van der Waals surface area contributed by atoms with Crippen molar-refractivity contribution < 1.29 is 5.11 Å². The number of thiol groups is 2. The lowest BCUT2D eigenvalue weighted by molar-refractivity contribution is -0.257. The van der Waals surface area contributed by atoms with E-state index < -0.39 is 0 Å². The number of aliphatic hydroxyl groups excluding tert-OH is 1. The van der Waals surface area contributed by atoms with Gasteiger partial charge in [-0.15, -0.1) is 0 Å². The molecule has 0 aromatic heterocycles. The summed E-state index contributed by atoms with van der Waals surface area (Å²) in [6, 6.07) is 0. The maximum atomic E-state index is 11.8. The van der Waals surface area contributed by atoms with E-state index in [1.165, 1.54) is 44.9 Å². The van der Waals surface area contributed by atoms with Crippen molar-refractivity contribution in [1.82, 2.24) is 0 Å². The van der Waals surface area contributed by atoms with Gasteiger partial charge in [-0.2, -0.15) is 25.3 Å². The molecule has 5 rings (SSSR count). The molecule has 190 valence electrons. The number of aliphatic hydroxyl groups is 1. The van der Waals surface area contributed by atoms with E-state index in [1.54, 1.807) is 0 Å². The molecule has 0 spiro atoms. The van der Waals surface area contributed by atoms with Crippen molar-refractivity contribution in [1.29, 1.82) is 0 Å². The lowest BCUT2D eigenvalue weighted by atomic mass is 9.31. The smallest absolute Gasteiger partial charge is 0.0726 e. The summed E-state index contributed by atoms with van der Waals surface area (Å²) in [6.07, 6.45) is 11.2. The van der Waals surface area contributed by atoms with E-state index in [1.807, 2.05) is 0 Å². The molecule has 3 heteroatoms. The fraction of sp³-hybridized carbons (Fsp3) is 1.00. The van der Waals surface area contributed by atoms with Crippen molar-refractivity contribution in [3.63, 3.8) is 0 Å². The second kappa shape index (κ2) is 7.37. The molecule has 0 radical (unpaired) electrons. The van der Waals surface area contributed by atoms with Gasteiger partial charge in [0.15, 0.2) is 0 Å². The molecular formula is C30H52OS2. The van der Waals surface area contributed by atoms with Crippen LogP contribution >= 0.6 is 25.3 Å². The van der Waals surface area contributed by atoms with E-state index in [4.69, 9.17) is 25.3 Å². The van der Waals surface area contributed by atoms with Crippen LogP contribution < -0.4 is 0 Å². The zero-order chi connectivity index (χ0) is 24.4. The third-order valence-electron chi connectivity index (χ3n) is 14.2. The highest BCUT2D eigenvalue weighted by molar-refractivity contribution is 7.82. The van der Waals surface area contributed by atoms with Crippen molar-refractivity contribution >= 4 is 25.3 Å². The molecule has 1 N–H and O–H groups in total. The van der Waals surface area contributed by atoms with Crippen LogP contribution in [0.4, 0.5) is 0 Å². The Balaban J connectivity index is 1.60. The van der Waals surface area contributed by atoms with Crippen molar-refractivity contribution in [3.05, 3.63) is 0 Å². The van der Waals surface area contributed by atoms with Gasteiger partial charge in [0.25, 0.3) is 0 Å². The highest BCUT2D eigenvalue weighted by Crippen LogP contribution is 2.78. The molecule has 0 aromatic carbocycles. The van der Waals surface area contributed by atoms with E-state index in [9.17, 15) is 5.11 Å². The minimum Gasteiger partial charge on any atom is -0.391 e. The van der Waals surface area contributed by atoms with Gasteiger partial charge in [0.2, 0.25) is 0 Å². The quantitative estimate of drug-likeness (QED) is 0.292. The van der Waals surface area contributed by atoms with Gasteiger partial charge in [0, 0.05) is 15.4 Å². The van der Waals surface area contributed by atoms with E-state index in [-0.39, 0.29) is 32.3 Å². The van der Waals surface area contributed by atoms with Crippen LogP contribution in [0.15, 0.2) is 0 Å². The molecule has 5 fully saturated rings. The topological polar surface area (TPSA) is 20.2 Å². The molecular weight excluding hydrogens is 440 g/mol. The fourth-order valence-corrected chi connectivity index (χ4v) is 12.9. The lowest BCUT2D eigenvalue weighted by Crippen LogP contribution is -2.75. The summed E-state index contributed by atoms with van der Waals surface area (Å²) in [5.41, 5.74) is 1.04. The summed E-state index contributed by atoms with van der Waals surface area (Å²) in [7, 11) is 0. The summed E-state index contributed by atoms with van der Waals surface area (Å²) in [5, 5.41) is 11.9. The Morgan fingerprint density at radius 1 is 0.788 bits per heavy atom. The Labute approximate surface area is 215 Å². The monoisotopic (exact) mass is 492 g/mol. The Morgan fingerprint density at radius 2 is 1.42 bits per heavy atom. The molecule has 0 aliphatic heterocycles. The third-order valence-corrected chi connectivity index (χ3v) is 16.0. The number of fused-ring (bicyclic) bond motifs is 7. The second-order valence-corrected chi connectivity index (χ2v) is 16.8. The van der Waals surface area contributed by atoms with E-state index in [2.05, 4.69) is 55.4 Å². The molecule has 5 saturated carbocycles. The van der Waals surface area contributed by atoms with Crippen LogP contribution in [0.2, 0.25) is 0 Å². The molecule has 12 atom stereocenters. The Morgan fingerprint density at radius 3 is 2.09 bits per heavy atom. The predicted molar refractivity (Wildman–Crippen MR) is 147 cm³/mol. The standard InChI is InChI=1S/C30H52OS2/c1-18-11-12-26(5)13-14-27(6)20(23(26)19(18)2)9-10-22-28(27,7)15-16-30(33)25(3,4)17-21(32)24(31)29(22,30)8/h18-24,31-33H,9-17H2,1-8H3/t18-,19+,20-,21?,22+,23+,24?,26-,27-,28-,29+,30-/m1/s1. The second-order valence-electron chi connectivity index (χ2n) is 15.4. The summed E-state index contributed by atoms with van der Waals surface area (Å²) in [4.78, 5) is 0. The summed E-state index contributed by atoms with van der Waals surface area (Å²) in [6.45, 7) is 20.3. The zero-order valence-electron chi connectivity index (χ0n) is 22.7. The molecule has 5 aliphatic carbocycles. The van der Waals surface area contributed by atoms with Crippen molar-refractivity contribution in [3.8, 4) is 0 Å². The number of hydrogen-bond acceptors (Lipinski definition) is 3. The number of rotatable bonds is 0. The molecule has 0 aromatic rings. The van der Waals surface area contributed by atoms with Crippen molar-refractivity contribution in [2.75, 3.05) is 0 Å². The molecule has 2 unspecified atom stereocenters. The molecule has 33 heavy (non-hydrogen) atoms. The summed E-state index contributed by atoms with van der Waals surface area (Å²) in [5.74, 6) is 3.89. The first-order valence-corrected chi connectivity index (χ1v) is 15.1. The Hall–Kier alpha value is 0.660. The number of hydrogen-bond donors (Lipinski definition) is 3. The maximum Gasteiger partial charge on any atom is 0.0726 e. The summed E-state index contributed by atoms with van der Waals surface area (Å²) >= 11 is 10.5. The van der Waals surface area contributed by atoms with Gasteiger partial charge in [-0.25, -0.2) is 0 Å². The normalized spacial score (nSPS) is 62.5. The van der Waals surface area contributed by atoms with Gasteiger partial charge in [0.1, 0.15) is 0 Å². The van der Waals surface area contributed by atoms with Crippen LogP contribution in [0.25, 0.3) is 0 Å². The predicted octanol–water partition coefficient (Wildman–Crippen LogP) is 8.07. The van der Waals surface area contributed by atoms with Gasteiger partial charge in [-0.05, 0) is 109 Å². The van der Waals surface area contributed by atoms with E-state index in [0.717, 1.165) is 36.5 Å². The van der Waals surface area contributed by atoms with Crippen LogP contribution in [0.3, 0.4) is 0 Å². The SMILES string of the molecule is C[C@@H]1[C@H]2[C@H]3CC[C@H]4[C@@](C)(CC[C@@]5(S)C(C)(C)CC(S)C(O)[C@]45C)[C@]3(C)CC[C@@]2(C)CC[C@H]1C. The van der Waals surface area contributed by atoms with Gasteiger partial charge >= 0.3 is 0 Å². The maximum absolute atomic E-state index is 11.8. The first-order valence-electron chi connectivity index (χ1n) is 14.2. The van der Waals surface area contributed by atoms with Gasteiger partial charge < -0.3 is 5.11 Å². The first kappa shape index (κ1) is 25.3. The lowest BCUT2D eigenvalue weighted by Gasteiger charge is -2.76. The average molecular weight is 493 g/mol. The molecule has 0 bridgehead atoms. The fourth-order valence-electron chi connectivity index (χ4n) is 11.7. The largest absolute Gasteiger partial charge is 0.391 e. The molecule has 1 nitrogen and oxygen atoms in total. The average Bonchev–Trinajstić information content (AvgIpc) is 2.73. The highest BCUT2D eigenvalue weighted by Gasteiger charge is 2.75. The van der Waals surface area contributed by atoms with Crippen molar-refractivity contribution in [2.24, 2.45) is 56.7 Å². The van der Waals surface area contributed by atoms with Crippen LogP contribution in [-0.2, 0) is 0 Å². The van der Waals surface area contributed by atoms with Crippen LogP contribution in [0, 0.1) is 56.7 Å². The van der Waals surface area contributed by atoms with Crippen LogP contribution in [-0.4, -0.2) is 21.2 Å². The minimum atomic E-state index is -0.376. The van der Waals surface area contributed by atoms with Gasteiger partial charge in [-0.3, -0.25) is 0 Å². The summed E-state index contributed by atoms with van der Waals surface area (Å²) < 4.78 is -0.137. The Kier molecular flexibility index (Phi) is 5.65. The van der Waals surface area contributed by atoms with Crippen LogP contribution in [0.5, 0.6) is 0 Å². The van der Waals surface area contributed by atoms with Gasteiger partial charge in [0.05, 0.1) is 6.10 Å². The van der Waals surface area contributed by atoms with E-state index in [0.29, 0.717) is 16.7 Å². The Bertz CT molecular complexity index is 811. The molecule has 0 heterocycles. The van der Waals surface area contributed by atoms with Crippen molar-refractivity contribution in [2.45, 2.75) is 129 Å². The zero-order valence-corrected chi connectivity index (χ0v) is 24.5. The van der Waals surface area contributed by atoms with Gasteiger partial charge in [-0.1, -0.05) is 55.4 Å².